The SMILES string of the molecule is c1ccc2c(-c3cnc4n[se]nc4c3)c[nH]c2c1. The number of para-hydroxylation sites is 1. The molecule has 0 aliphatic carbocycles. The Kier molecular flexibility index (Phi) is 2.09. The van der Waals surface area contributed by atoms with Gasteiger partial charge in [-0.1, -0.05) is 0 Å². The van der Waals surface area contributed by atoms with Crippen LogP contribution in [0.15, 0.2) is 42.7 Å². The molecule has 0 amide bonds. The molecule has 0 saturated carbocycles. The number of rotatable bonds is 1. The maximum atomic E-state index is 4.37. The number of aromatic amines is 1. The molecule has 0 bridgehead atoms. The summed E-state index contributed by atoms with van der Waals surface area (Å²) in [4.78, 5) is 7.64. The van der Waals surface area contributed by atoms with E-state index in [1.165, 1.54) is 5.39 Å². The van der Waals surface area contributed by atoms with Crippen LogP contribution in [0.25, 0.3) is 33.2 Å². The van der Waals surface area contributed by atoms with Gasteiger partial charge < -0.3 is 0 Å². The molecule has 1 aromatic carbocycles. The van der Waals surface area contributed by atoms with E-state index in [0.717, 1.165) is 27.8 Å². The first-order valence-corrected chi connectivity index (χ1v) is 7.10. The number of pyridine rings is 1. The zero-order valence-electron chi connectivity index (χ0n) is 9.29. The number of hydrogen-bond donors (Lipinski definition) is 1. The van der Waals surface area contributed by atoms with Crippen LogP contribution in [0.4, 0.5) is 0 Å². The molecule has 0 aliphatic rings. The van der Waals surface area contributed by atoms with Crippen LogP contribution in [0.2, 0.25) is 0 Å². The number of hydrogen-bond acceptors (Lipinski definition) is 3. The van der Waals surface area contributed by atoms with Gasteiger partial charge >= 0.3 is 109 Å². The van der Waals surface area contributed by atoms with E-state index < -0.39 is 0 Å². The molecule has 0 spiro atoms. The van der Waals surface area contributed by atoms with Gasteiger partial charge in [0.05, 0.1) is 0 Å². The Labute approximate surface area is 109 Å². The molecule has 0 atom stereocenters. The van der Waals surface area contributed by atoms with Gasteiger partial charge in [-0.15, -0.1) is 0 Å². The summed E-state index contributed by atoms with van der Waals surface area (Å²) in [5.41, 5.74) is 5.08. The average Bonchev–Trinajstić information content (AvgIpc) is 3.04. The fourth-order valence-electron chi connectivity index (χ4n) is 2.14. The van der Waals surface area contributed by atoms with E-state index >= 15 is 0 Å². The standard InChI is InChI=1S/C13H8N4Se/c1-2-4-11-9(3-1)10(7-14-11)8-5-12-13(15-6-8)17-18-16-12/h1-7,14H. The van der Waals surface area contributed by atoms with Crippen LogP contribution in [0.3, 0.4) is 0 Å². The van der Waals surface area contributed by atoms with Gasteiger partial charge in [-0.25, -0.2) is 0 Å². The van der Waals surface area contributed by atoms with Gasteiger partial charge in [-0.3, -0.25) is 0 Å². The molecule has 18 heavy (non-hydrogen) atoms. The molecule has 0 radical (unpaired) electrons. The van der Waals surface area contributed by atoms with Crippen molar-refractivity contribution in [1.82, 2.24) is 17.9 Å². The first kappa shape index (κ1) is 10.00. The zero-order valence-corrected chi connectivity index (χ0v) is 11.0. The predicted octanol–water partition coefficient (Wildman–Crippen LogP) is 2.23. The van der Waals surface area contributed by atoms with Crippen molar-refractivity contribution in [2.75, 3.05) is 0 Å². The quantitative estimate of drug-likeness (QED) is 0.548. The van der Waals surface area contributed by atoms with Crippen LogP contribution in [-0.2, 0) is 0 Å². The van der Waals surface area contributed by atoms with Crippen LogP contribution in [0.5, 0.6) is 0 Å². The molecule has 86 valence electrons. The van der Waals surface area contributed by atoms with Gasteiger partial charge in [-0.05, 0) is 0 Å². The van der Waals surface area contributed by atoms with Crippen molar-refractivity contribution in [1.29, 1.82) is 0 Å². The summed E-state index contributed by atoms with van der Waals surface area (Å²) in [5, 5.41) is 1.21. The zero-order chi connectivity index (χ0) is 11.9. The number of aromatic nitrogens is 4. The molecule has 0 fully saturated rings. The second kappa shape index (κ2) is 3.77. The fraction of sp³-hybridized carbons (Fsp3) is 0. The predicted molar refractivity (Wildman–Crippen MR) is 71.6 cm³/mol. The summed E-state index contributed by atoms with van der Waals surface area (Å²) in [6.07, 6.45) is 3.89. The van der Waals surface area contributed by atoms with E-state index in [1.807, 2.05) is 24.5 Å². The first-order valence-electron chi connectivity index (χ1n) is 5.56. The van der Waals surface area contributed by atoms with Crippen molar-refractivity contribution in [3.8, 4) is 11.1 Å². The van der Waals surface area contributed by atoms with Crippen molar-refractivity contribution in [2.24, 2.45) is 0 Å². The molecule has 4 nitrogen and oxygen atoms in total. The van der Waals surface area contributed by atoms with E-state index in [9.17, 15) is 0 Å². The van der Waals surface area contributed by atoms with Crippen LogP contribution in [0.1, 0.15) is 0 Å². The van der Waals surface area contributed by atoms with Crippen molar-refractivity contribution >= 4 is 37.0 Å². The van der Waals surface area contributed by atoms with Crippen molar-refractivity contribution in [3.63, 3.8) is 0 Å². The molecule has 5 heteroatoms. The number of nitrogens with zero attached hydrogens (tertiary/aromatic N) is 3. The number of benzene rings is 1. The van der Waals surface area contributed by atoms with Crippen LogP contribution >= 0.6 is 0 Å². The van der Waals surface area contributed by atoms with Gasteiger partial charge in [0, 0.05) is 0 Å². The third-order valence-corrected chi connectivity index (χ3v) is 4.13. The molecule has 4 rings (SSSR count). The van der Waals surface area contributed by atoms with Gasteiger partial charge in [0.15, 0.2) is 0 Å². The topological polar surface area (TPSA) is 54.5 Å². The second-order valence-electron chi connectivity index (χ2n) is 4.08. The van der Waals surface area contributed by atoms with Crippen molar-refractivity contribution in [2.45, 2.75) is 0 Å². The number of H-pyrrole nitrogens is 1. The minimum absolute atomic E-state index is 0.0197. The van der Waals surface area contributed by atoms with Gasteiger partial charge in [0.25, 0.3) is 0 Å². The number of fused-ring (bicyclic) bond motifs is 2. The van der Waals surface area contributed by atoms with Crippen molar-refractivity contribution in [3.05, 3.63) is 42.7 Å². The van der Waals surface area contributed by atoms with Crippen LogP contribution in [-0.4, -0.2) is 32.9 Å². The molecule has 3 heterocycles. The van der Waals surface area contributed by atoms with E-state index in [1.54, 1.807) is 0 Å². The van der Waals surface area contributed by atoms with Gasteiger partial charge in [0.1, 0.15) is 0 Å². The summed E-state index contributed by atoms with van der Waals surface area (Å²) in [6.45, 7) is 0. The normalized spacial score (nSPS) is 11.3. The second-order valence-corrected chi connectivity index (χ2v) is 5.19. The third-order valence-electron chi connectivity index (χ3n) is 3.01. The Bertz CT molecular complexity index is 846. The van der Waals surface area contributed by atoms with Crippen LogP contribution in [0, 0.1) is 0 Å². The van der Waals surface area contributed by atoms with Gasteiger partial charge in [-0.2, -0.15) is 0 Å². The van der Waals surface area contributed by atoms with Gasteiger partial charge in [0.2, 0.25) is 0 Å². The Morgan fingerprint density at radius 1 is 1.11 bits per heavy atom. The molecular formula is C13H8N4Se. The minimum atomic E-state index is -0.0197. The molecule has 1 N–H and O–H groups in total. The molecule has 4 aromatic rings. The summed E-state index contributed by atoms with van der Waals surface area (Å²) in [6, 6.07) is 10.3. The summed E-state index contributed by atoms with van der Waals surface area (Å²) in [7, 11) is 0. The fourth-order valence-corrected chi connectivity index (χ4v) is 3.15. The van der Waals surface area contributed by atoms with E-state index in [-0.39, 0.29) is 15.0 Å². The van der Waals surface area contributed by atoms with E-state index in [2.05, 4.69) is 36.1 Å². The summed E-state index contributed by atoms with van der Waals surface area (Å²) in [5.74, 6) is 0. The Morgan fingerprint density at radius 2 is 2.06 bits per heavy atom. The Balaban J connectivity index is 2.00. The third kappa shape index (κ3) is 1.41. The molecule has 0 aliphatic heterocycles. The molecule has 3 aromatic heterocycles. The molecular weight excluding hydrogens is 291 g/mol. The van der Waals surface area contributed by atoms with Crippen molar-refractivity contribution < 1.29 is 0 Å². The van der Waals surface area contributed by atoms with E-state index in [4.69, 9.17) is 0 Å². The maximum absolute atomic E-state index is 4.37. The Hall–Kier alpha value is -1.97. The number of nitrogens with one attached hydrogen (secondary N) is 1. The Morgan fingerprint density at radius 3 is 3.06 bits per heavy atom. The molecule has 0 saturated heterocycles. The van der Waals surface area contributed by atoms with Crippen LogP contribution < -0.4 is 0 Å². The average molecular weight is 299 g/mol. The summed E-state index contributed by atoms with van der Waals surface area (Å²) < 4.78 is 8.63. The molecule has 0 unspecified atom stereocenters. The monoisotopic (exact) mass is 300 g/mol. The first-order chi connectivity index (χ1) is 8.92. The van der Waals surface area contributed by atoms with E-state index in [0.29, 0.717) is 0 Å². The summed E-state index contributed by atoms with van der Waals surface area (Å²) >= 11 is -0.0197.